The van der Waals surface area contributed by atoms with Crippen molar-refractivity contribution < 1.29 is 9.90 Å². The van der Waals surface area contributed by atoms with Crippen LogP contribution in [0.3, 0.4) is 0 Å². The quantitative estimate of drug-likeness (QED) is 0.768. The highest BCUT2D eigenvalue weighted by molar-refractivity contribution is 5.78. The highest BCUT2D eigenvalue weighted by atomic mass is 16.4. The van der Waals surface area contributed by atoms with Crippen LogP contribution in [0.2, 0.25) is 0 Å². The van der Waals surface area contributed by atoms with E-state index in [4.69, 9.17) is 0 Å². The van der Waals surface area contributed by atoms with E-state index in [1.807, 2.05) is 40.9 Å². The Morgan fingerprint density at radius 1 is 1.50 bits per heavy atom. The van der Waals surface area contributed by atoms with E-state index in [1.165, 1.54) is 0 Å². The molecular formula is C15H27N3O2. The molecule has 1 heterocycles. The van der Waals surface area contributed by atoms with Crippen LogP contribution in [0.5, 0.6) is 0 Å². The molecule has 20 heavy (non-hydrogen) atoms. The first kappa shape index (κ1) is 16.7. The van der Waals surface area contributed by atoms with Crippen LogP contribution in [-0.2, 0) is 11.3 Å². The summed E-state index contributed by atoms with van der Waals surface area (Å²) < 4.78 is 2.09. The summed E-state index contributed by atoms with van der Waals surface area (Å²) in [5.74, 6) is -0.757. The molecule has 1 aromatic rings. The maximum absolute atomic E-state index is 11.6. The van der Waals surface area contributed by atoms with Crippen molar-refractivity contribution in [2.45, 2.75) is 72.0 Å². The summed E-state index contributed by atoms with van der Waals surface area (Å²) in [5.41, 5.74) is 1.36. The minimum Gasteiger partial charge on any atom is -0.480 e. The lowest BCUT2D eigenvalue weighted by Gasteiger charge is -2.31. The summed E-state index contributed by atoms with van der Waals surface area (Å²) in [5, 5.41) is 12.8. The van der Waals surface area contributed by atoms with Gasteiger partial charge in [-0.3, -0.25) is 10.1 Å². The van der Waals surface area contributed by atoms with Crippen LogP contribution in [0.4, 0.5) is 0 Å². The number of imidazole rings is 1. The van der Waals surface area contributed by atoms with Gasteiger partial charge in [0.25, 0.3) is 0 Å². The van der Waals surface area contributed by atoms with Gasteiger partial charge < -0.3 is 9.67 Å². The second-order valence-corrected chi connectivity index (χ2v) is 5.75. The fraction of sp³-hybridized carbons (Fsp3) is 0.733. The minimum atomic E-state index is -0.822. The van der Waals surface area contributed by atoms with E-state index in [-0.39, 0.29) is 6.04 Å². The Morgan fingerprint density at radius 2 is 2.15 bits per heavy atom. The Labute approximate surface area is 121 Å². The Bertz CT molecular complexity index is 454. The van der Waals surface area contributed by atoms with Gasteiger partial charge in [0.05, 0.1) is 12.0 Å². The lowest BCUT2D eigenvalue weighted by atomic mass is 9.89. The number of aromatic nitrogens is 2. The molecule has 2 N–H and O–H groups in total. The number of nitrogens with zero attached hydrogens (tertiary/aromatic N) is 2. The van der Waals surface area contributed by atoms with Crippen molar-refractivity contribution in [3.8, 4) is 0 Å². The lowest BCUT2D eigenvalue weighted by Crippen LogP contribution is -2.54. The van der Waals surface area contributed by atoms with E-state index in [1.54, 1.807) is 0 Å². The van der Waals surface area contributed by atoms with Crippen LogP contribution in [0, 0.1) is 13.8 Å². The summed E-state index contributed by atoms with van der Waals surface area (Å²) in [6.45, 7) is 10.7. The number of hydrogen-bond acceptors (Lipinski definition) is 3. The zero-order valence-corrected chi connectivity index (χ0v) is 13.2. The number of carboxylic acid groups (broad SMARTS) is 1. The third-order valence-corrected chi connectivity index (χ3v) is 3.93. The molecule has 1 unspecified atom stereocenters. The third-order valence-electron chi connectivity index (χ3n) is 3.93. The molecule has 0 amide bonds. The molecule has 0 aliphatic carbocycles. The first-order valence-electron chi connectivity index (χ1n) is 7.32. The number of aryl methyl sites for hydroxylation is 2. The van der Waals surface area contributed by atoms with Gasteiger partial charge in [0, 0.05) is 18.3 Å². The molecule has 0 spiro atoms. The molecule has 0 aliphatic rings. The van der Waals surface area contributed by atoms with E-state index in [9.17, 15) is 9.90 Å². The average Bonchev–Trinajstić information content (AvgIpc) is 2.68. The highest BCUT2D eigenvalue weighted by Gasteiger charge is 2.36. The van der Waals surface area contributed by atoms with Crippen LogP contribution >= 0.6 is 0 Å². The Morgan fingerprint density at radius 3 is 2.55 bits per heavy atom. The van der Waals surface area contributed by atoms with Crippen molar-refractivity contribution in [1.82, 2.24) is 14.9 Å². The Kier molecular flexibility index (Phi) is 5.74. The predicted octanol–water partition coefficient (Wildman–Crippen LogP) is 2.51. The topological polar surface area (TPSA) is 67.2 Å². The first-order chi connectivity index (χ1) is 9.32. The zero-order chi connectivity index (χ0) is 15.3. The Balaban J connectivity index is 2.67. The molecule has 0 bridgehead atoms. The molecule has 0 aliphatic heterocycles. The SMILES string of the molecule is CCC(CCCn1cnc(C)c1C)(NC(C)C)C(=O)O. The second-order valence-electron chi connectivity index (χ2n) is 5.75. The number of nitrogens with one attached hydrogen (secondary N) is 1. The van der Waals surface area contributed by atoms with Crippen molar-refractivity contribution in [2.75, 3.05) is 0 Å². The lowest BCUT2D eigenvalue weighted by molar-refractivity contribution is -0.145. The molecule has 0 aromatic carbocycles. The van der Waals surface area contributed by atoms with E-state index in [2.05, 4.69) is 14.9 Å². The molecule has 5 nitrogen and oxygen atoms in total. The van der Waals surface area contributed by atoms with E-state index in [0.717, 1.165) is 24.4 Å². The molecule has 0 fully saturated rings. The molecule has 5 heteroatoms. The van der Waals surface area contributed by atoms with Gasteiger partial charge in [-0.2, -0.15) is 0 Å². The van der Waals surface area contributed by atoms with Gasteiger partial charge in [-0.1, -0.05) is 6.92 Å². The number of aliphatic carboxylic acids is 1. The van der Waals surface area contributed by atoms with Gasteiger partial charge in [-0.25, -0.2) is 4.98 Å². The van der Waals surface area contributed by atoms with Crippen LogP contribution < -0.4 is 5.32 Å². The molecule has 1 atom stereocenters. The first-order valence-corrected chi connectivity index (χ1v) is 7.32. The number of carbonyl (C=O) groups is 1. The van der Waals surface area contributed by atoms with E-state index < -0.39 is 11.5 Å². The minimum absolute atomic E-state index is 0.156. The molecule has 1 aromatic heterocycles. The zero-order valence-electron chi connectivity index (χ0n) is 13.2. The van der Waals surface area contributed by atoms with Crippen LogP contribution in [0.1, 0.15) is 51.4 Å². The van der Waals surface area contributed by atoms with Crippen molar-refractivity contribution in [2.24, 2.45) is 0 Å². The smallest absolute Gasteiger partial charge is 0.323 e. The number of carboxylic acids is 1. The molecule has 114 valence electrons. The molecule has 0 radical (unpaired) electrons. The molecule has 0 saturated carbocycles. The second kappa shape index (κ2) is 6.88. The van der Waals surface area contributed by atoms with Gasteiger partial charge in [0.15, 0.2) is 0 Å². The molecular weight excluding hydrogens is 254 g/mol. The fourth-order valence-corrected chi connectivity index (χ4v) is 2.54. The molecule has 1 rings (SSSR count). The van der Waals surface area contributed by atoms with Gasteiger partial charge in [-0.15, -0.1) is 0 Å². The number of hydrogen-bond donors (Lipinski definition) is 2. The van der Waals surface area contributed by atoms with Gasteiger partial charge >= 0.3 is 5.97 Å². The van der Waals surface area contributed by atoms with Crippen LogP contribution in [0.25, 0.3) is 0 Å². The third kappa shape index (κ3) is 3.82. The van der Waals surface area contributed by atoms with E-state index in [0.29, 0.717) is 12.8 Å². The van der Waals surface area contributed by atoms with Crippen molar-refractivity contribution in [1.29, 1.82) is 0 Å². The highest BCUT2D eigenvalue weighted by Crippen LogP contribution is 2.20. The normalized spacial score (nSPS) is 14.5. The van der Waals surface area contributed by atoms with Gasteiger partial charge in [0.2, 0.25) is 0 Å². The largest absolute Gasteiger partial charge is 0.480 e. The van der Waals surface area contributed by atoms with Crippen molar-refractivity contribution >= 4 is 5.97 Å². The van der Waals surface area contributed by atoms with Crippen LogP contribution in [0.15, 0.2) is 6.33 Å². The maximum Gasteiger partial charge on any atom is 0.323 e. The number of rotatable bonds is 8. The van der Waals surface area contributed by atoms with Crippen molar-refractivity contribution in [3.63, 3.8) is 0 Å². The Hall–Kier alpha value is -1.36. The monoisotopic (exact) mass is 281 g/mol. The van der Waals surface area contributed by atoms with Gasteiger partial charge in [-0.05, 0) is 47.0 Å². The summed E-state index contributed by atoms with van der Waals surface area (Å²) in [6, 6.07) is 0.156. The van der Waals surface area contributed by atoms with Crippen LogP contribution in [-0.4, -0.2) is 32.2 Å². The molecule has 0 saturated heterocycles. The average molecular weight is 281 g/mol. The van der Waals surface area contributed by atoms with E-state index >= 15 is 0 Å². The summed E-state index contributed by atoms with van der Waals surface area (Å²) in [4.78, 5) is 15.9. The standard InChI is InChI=1S/C15H27N3O2/c1-6-15(14(19)20,17-11(2)3)8-7-9-18-10-16-12(4)13(18)5/h10-11,17H,6-9H2,1-5H3,(H,19,20). The fourth-order valence-electron chi connectivity index (χ4n) is 2.54. The summed E-state index contributed by atoms with van der Waals surface area (Å²) in [7, 11) is 0. The van der Waals surface area contributed by atoms with Crippen molar-refractivity contribution in [3.05, 3.63) is 17.7 Å². The summed E-state index contributed by atoms with van der Waals surface area (Å²) >= 11 is 0. The predicted molar refractivity (Wildman–Crippen MR) is 79.9 cm³/mol. The summed E-state index contributed by atoms with van der Waals surface area (Å²) in [6.07, 6.45) is 3.85. The maximum atomic E-state index is 11.6. The van der Waals surface area contributed by atoms with Gasteiger partial charge in [0.1, 0.15) is 5.54 Å².